The fraction of sp³-hybridized carbons (Fsp3) is 0.455. The number of pyridine rings is 1. The van der Waals surface area contributed by atoms with Crippen molar-refractivity contribution in [2.45, 2.75) is 6.92 Å². The van der Waals surface area contributed by atoms with Gasteiger partial charge in [0.05, 0.1) is 5.56 Å². The Morgan fingerprint density at radius 2 is 2.19 bits per heavy atom. The number of hydrogen-bond donors (Lipinski definition) is 2. The molecule has 0 radical (unpaired) electrons. The molecule has 2 N–H and O–H groups in total. The van der Waals surface area contributed by atoms with E-state index >= 15 is 0 Å². The minimum atomic E-state index is -0.920. The summed E-state index contributed by atoms with van der Waals surface area (Å²) in [5.74, 6) is -0.0548. The van der Waals surface area contributed by atoms with E-state index in [4.69, 9.17) is 5.11 Å². The summed E-state index contributed by atoms with van der Waals surface area (Å²) in [5.41, 5.74) is 1.04. The Bertz CT molecular complexity index is 400. The molecule has 1 fully saturated rings. The topological polar surface area (TPSA) is 65.5 Å². The van der Waals surface area contributed by atoms with Crippen LogP contribution in [0.3, 0.4) is 0 Å². The monoisotopic (exact) mass is 221 g/mol. The number of nitrogens with one attached hydrogen (secondary N) is 1. The van der Waals surface area contributed by atoms with Crippen molar-refractivity contribution in [3.63, 3.8) is 0 Å². The number of piperazine rings is 1. The van der Waals surface area contributed by atoms with E-state index in [9.17, 15) is 4.79 Å². The number of nitrogens with zero attached hydrogens (tertiary/aromatic N) is 2. The van der Waals surface area contributed by atoms with Gasteiger partial charge in [-0.1, -0.05) is 0 Å². The van der Waals surface area contributed by atoms with Gasteiger partial charge in [0.2, 0.25) is 0 Å². The van der Waals surface area contributed by atoms with Gasteiger partial charge in [-0.3, -0.25) is 0 Å². The molecule has 1 aromatic rings. The Kier molecular flexibility index (Phi) is 3.05. The molecule has 86 valence electrons. The van der Waals surface area contributed by atoms with Crippen LogP contribution >= 0.6 is 0 Å². The summed E-state index contributed by atoms with van der Waals surface area (Å²) in [6.07, 6.45) is 1.44. The summed E-state index contributed by atoms with van der Waals surface area (Å²) in [6.45, 7) is 5.53. The summed E-state index contributed by atoms with van der Waals surface area (Å²) in [5, 5.41) is 12.2. The first-order valence-electron chi connectivity index (χ1n) is 5.34. The average molecular weight is 221 g/mol. The predicted molar refractivity (Wildman–Crippen MR) is 61.0 cm³/mol. The molecule has 0 amide bonds. The van der Waals surface area contributed by atoms with E-state index in [2.05, 4.69) is 15.2 Å². The first kappa shape index (κ1) is 10.9. The van der Waals surface area contributed by atoms with Crippen LogP contribution in [0.1, 0.15) is 15.9 Å². The molecule has 0 aromatic carbocycles. The van der Waals surface area contributed by atoms with E-state index in [0.717, 1.165) is 37.6 Å². The second-order valence-corrected chi connectivity index (χ2v) is 3.90. The van der Waals surface area contributed by atoms with Gasteiger partial charge in [0, 0.05) is 32.4 Å². The van der Waals surface area contributed by atoms with Gasteiger partial charge >= 0.3 is 5.97 Å². The molecule has 5 heteroatoms. The third-order valence-corrected chi connectivity index (χ3v) is 2.77. The van der Waals surface area contributed by atoms with E-state index in [-0.39, 0.29) is 5.56 Å². The van der Waals surface area contributed by atoms with E-state index in [1.165, 1.54) is 6.20 Å². The maximum atomic E-state index is 10.8. The Hall–Kier alpha value is -1.62. The van der Waals surface area contributed by atoms with E-state index in [1.54, 1.807) is 6.92 Å². The first-order valence-corrected chi connectivity index (χ1v) is 5.34. The highest BCUT2D eigenvalue weighted by molar-refractivity contribution is 5.89. The molecule has 0 aliphatic carbocycles. The number of rotatable bonds is 2. The van der Waals surface area contributed by atoms with Gasteiger partial charge in [0.1, 0.15) is 5.82 Å². The molecule has 1 aliphatic rings. The quantitative estimate of drug-likeness (QED) is 0.761. The maximum Gasteiger partial charge on any atom is 0.337 e. The molecule has 0 unspecified atom stereocenters. The van der Waals surface area contributed by atoms with Gasteiger partial charge in [-0.05, 0) is 18.6 Å². The lowest BCUT2D eigenvalue weighted by Crippen LogP contribution is -2.43. The van der Waals surface area contributed by atoms with Gasteiger partial charge in [-0.2, -0.15) is 0 Å². The smallest absolute Gasteiger partial charge is 0.337 e. The number of aromatic carboxylic acids is 1. The van der Waals surface area contributed by atoms with Crippen LogP contribution in [0.25, 0.3) is 0 Å². The molecule has 0 spiro atoms. The third-order valence-electron chi connectivity index (χ3n) is 2.77. The van der Waals surface area contributed by atoms with Crippen LogP contribution in [0.15, 0.2) is 12.3 Å². The van der Waals surface area contributed by atoms with Crippen LogP contribution in [0, 0.1) is 6.92 Å². The zero-order valence-corrected chi connectivity index (χ0v) is 9.23. The molecular formula is C11H15N3O2. The summed E-state index contributed by atoms with van der Waals surface area (Å²) in [4.78, 5) is 17.2. The van der Waals surface area contributed by atoms with Gasteiger partial charge in [-0.15, -0.1) is 0 Å². The minimum Gasteiger partial charge on any atom is -0.478 e. The van der Waals surface area contributed by atoms with E-state index < -0.39 is 5.97 Å². The molecule has 5 nitrogen and oxygen atoms in total. The number of hydrogen-bond acceptors (Lipinski definition) is 4. The lowest BCUT2D eigenvalue weighted by molar-refractivity contribution is 0.0695. The van der Waals surface area contributed by atoms with Crippen LogP contribution < -0.4 is 10.2 Å². The molecule has 2 heterocycles. The Balaban J connectivity index is 2.23. The second kappa shape index (κ2) is 4.49. The van der Waals surface area contributed by atoms with Crippen LogP contribution in [-0.4, -0.2) is 42.2 Å². The molecular weight excluding hydrogens is 206 g/mol. The summed E-state index contributed by atoms with van der Waals surface area (Å²) in [7, 11) is 0. The highest BCUT2D eigenvalue weighted by atomic mass is 16.4. The Morgan fingerprint density at radius 1 is 1.50 bits per heavy atom. The fourth-order valence-corrected chi connectivity index (χ4v) is 1.83. The number of carboxylic acid groups (broad SMARTS) is 1. The lowest BCUT2D eigenvalue weighted by atomic mass is 10.1. The van der Waals surface area contributed by atoms with E-state index in [1.807, 2.05) is 6.07 Å². The zero-order chi connectivity index (χ0) is 11.5. The van der Waals surface area contributed by atoms with Crippen molar-refractivity contribution in [2.24, 2.45) is 0 Å². The molecule has 1 aromatic heterocycles. The number of anilines is 1. The van der Waals surface area contributed by atoms with Gasteiger partial charge in [0.15, 0.2) is 0 Å². The molecule has 2 rings (SSSR count). The van der Waals surface area contributed by atoms with Crippen molar-refractivity contribution in [2.75, 3.05) is 31.1 Å². The van der Waals surface area contributed by atoms with Crippen molar-refractivity contribution in [1.29, 1.82) is 0 Å². The summed E-state index contributed by atoms with van der Waals surface area (Å²) >= 11 is 0. The van der Waals surface area contributed by atoms with Crippen molar-refractivity contribution in [1.82, 2.24) is 10.3 Å². The van der Waals surface area contributed by atoms with Crippen molar-refractivity contribution < 1.29 is 9.90 Å². The van der Waals surface area contributed by atoms with Crippen LogP contribution in [0.4, 0.5) is 5.82 Å². The number of carboxylic acids is 1. The Morgan fingerprint density at radius 3 is 2.75 bits per heavy atom. The molecule has 1 saturated heterocycles. The maximum absolute atomic E-state index is 10.8. The van der Waals surface area contributed by atoms with Crippen molar-refractivity contribution in [3.05, 3.63) is 23.4 Å². The normalized spacial score (nSPS) is 16.2. The number of carbonyl (C=O) groups is 1. The van der Waals surface area contributed by atoms with Crippen LogP contribution in [0.2, 0.25) is 0 Å². The van der Waals surface area contributed by atoms with Gasteiger partial charge in [-0.25, -0.2) is 9.78 Å². The molecule has 0 bridgehead atoms. The summed E-state index contributed by atoms with van der Waals surface area (Å²) < 4.78 is 0. The van der Waals surface area contributed by atoms with Crippen molar-refractivity contribution in [3.8, 4) is 0 Å². The SMILES string of the molecule is Cc1cc(N2CCNCC2)ncc1C(=O)O. The average Bonchev–Trinajstić information content (AvgIpc) is 2.29. The third kappa shape index (κ3) is 2.14. The zero-order valence-electron chi connectivity index (χ0n) is 9.23. The molecule has 0 saturated carbocycles. The lowest BCUT2D eigenvalue weighted by Gasteiger charge is -2.28. The number of aryl methyl sites for hydroxylation is 1. The highest BCUT2D eigenvalue weighted by Crippen LogP contribution is 2.16. The van der Waals surface area contributed by atoms with E-state index in [0.29, 0.717) is 0 Å². The van der Waals surface area contributed by atoms with Gasteiger partial charge in [0.25, 0.3) is 0 Å². The molecule has 16 heavy (non-hydrogen) atoms. The Labute approximate surface area is 94.1 Å². The van der Waals surface area contributed by atoms with Gasteiger partial charge < -0.3 is 15.3 Å². The molecule has 0 atom stereocenters. The second-order valence-electron chi connectivity index (χ2n) is 3.90. The minimum absolute atomic E-state index is 0.277. The van der Waals surface area contributed by atoms with Crippen LogP contribution in [0.5, 0.6) is 0 Å². The standard InChI is InChI=1S/C11H15N3O2/c1-8-6-10(13-7-9(8)11(15)16)14-4-2-12-3-5-14/h6-7,12H,2-5H2,1H3,(H,15,16). The fourth-order valence-electron chi connectivity index (χ4n) is 1.83. The van der Waals surface area contributed by atoms with Crippen LogP contribution in [-0.2, 0) is 0 Å². The predicted octanol–water partition coefficient (Wildman–Crippen LogP) is 0.498. The molecule has 1 aliphatic heterocycles. The summed E-state index contributed by atoms with van der Waals surface area (Å²) in [6, 6.07) is 1.84. The highest BCUT2D eigenvalue weighted by Gasteiger charge is 2.14. The largest absolute Gasteiger partial charge is 0.478 e. The number of aromatic nitrogens is 1. The first-order chi connectivity index (χ1) is 7.68. The van der Waals surface area contributed by atoms with Crippen molar-refractivity contribution >= 4 is 11.8 Å².